The van der Waals surface area contributed by atoms with E-state index in [1.807, 2.05) is 0 Å². The number of esters is 1. The molecule has 0 rings (SSSR count). The molecule has 0 aromatic heterocycles. The number of rotatable bonds is 6. The fourth-order valence-corrected chi connectivity index (χ4v) is 0.883. The topological polar surface area (TPSA) is 63.6 Å². The Morgan fingerprint density at radius 3 is 2.50 bits per heavy atom. The van der Waals surface area contributed by atoms with Gasteiger partial charge in [-0.1, -0.05) is 6.58 Å². The van der Waals surface area contributed by atoms with Crippen molar-refractivity contribution in [3.63, 3.8) is 0 Å². The van der Waals surface area contributed by atoms with Crippen molar-refractivity contribution in [3.8, 4) is 0 Å². The molecule has 0 aliphatic heterocycles. The number of hydrogen-bond acceptors (Lipinski definition) is 3. The highest BCUT2D eigenvalue weighted by molar-refractivity contribution is 5.87. The first-order valence-electron chi connectivity index (χ1n) is 4.51. The summed E-state index contributed by atoms with van der Waals surface area (Å²) in [4.78, 5) is 21.2. The fraction of sp³-hybridized carbons (Fsp3) is 0.600. The first kappa shape index (κ1) is 12.7. The highest BCUT2D eigenvalue weighted by Crippen LogP contribution is 2.06. The largest absolute Gasteiger partial charge is 0.481 e. The molecule has 4 nitrogen and oxygen atoms in total. The van der Waals surface area contributed by atoms with E-state index in [0.717, 1.165) is 0 Å². The quantitative estimate of drug-likeness (QED) is 0.524. The Balaban J connectivity index is 3.65. The molecule has 0 heterocycles. The maximum atomic E-state index is 11.0. The lowest BCUT2D eigenvalue weighted by molar-refractivity contribution is -0.143. The van der Waals surface area contributed by atoms with Crippen molar-refractivity contribution in [2.24, 2.45) is 0 Å². The molecule has 0 fully saturated rings. The molecule has 0 saturated heterocycles. The Morgan fingerprint density at radius 1 is 1.50 bits per heavy atom. The molecule has 0 saturated carbocycles. The third-order valence-corrected chi connectivity index (χ3v) is 1.66. The Hall–Kier alpha value is -1.32. The second kappa shape index (κ2) is 6.18. The van der Waals surface area contributed by atoms with E-state index in [4.69, 9.17) is 9.84 Å². The normalized spacial score (nSPS) is 11.9. The van der Waals surface area contributed by atoms with Crippen LogP contribution in [0.25, 0.3) is 0 Å². The van der Waals surface area contributed by atoms with Crippen LogP contribution >= 0.6 is 0 Å². The van der Waals surface area contributed by atoms with Crippen LogP contribution in [0.3, 0.4) is 0 Å². The van der Waals surface area contributed by atoms with Crippen molar-refractivity contribution in [1.29, 1.82) is 0 Å². The molecule has 1 atom stereocenters. The maximum absolute atomic E-state index is 11.0. The van der Waals surface area contributed by atoms with Crippen molar-refractivity contribution in [3.05, 3.63) is 12.2 Å². The van der Waals surface area contributed by atoms with Crippen molar-refractivity contribution in [2.45, 2.75) is 39.2 Å². The fourth-order valence-electron chi connectivity index (χ4n) is 0.883. The summed E-state index contributed by atoms with van der Waals surface area (Å²) in [6.45, 7) is 6.76. The first-order valence-corrected chi connectivity index (χ1v) is 4.51. The number of carboxylic acids is 1. The number of carboxylic acid groups (broad SMARTS) is 1. The second-order valence-electron chi connectivity index (χ2n) is 3.28. The average Bonchev–Trinajstić information content (AvgIpc) is 2.02. The Kier molecular flexibility index (Phi) is 5.60. The molecule has 0 spiro atoms. The third kappa shape index (κ3) is 6.22. The minimum Gasteiger partial charge on any atom is -0.481 e. The molecule has 14 heavy (non-hydrogen) atoms. The van der Waals surface area contributed by atoms with E-state index in [2.05, 4.69) is 6.58 Å². The van der Waals surface area contributed by atoms with Gasteiger partial charge in [0.2, 0.25) is 0 Å². The van der Waals surface area contributed by atoms with E-state index in [1.54, 1.807) is 13.8 Å². The zero-order valence-corrected chi connectivity index (χ0v) is 8.58. The van der Waals surface area contributed by atoms with Crippen LogP contribution in [0, 0.1) is 0 Å². The minimum absolute atomic E-state index is 0.106. The van der Waals surface area contributed by atoms with E-state index >= 15 is 0 Å². The van der Waals surface area contributed by atoms with Gasteiger partial charge in [-0.25, -0.2) is 4.79 Å². The third-order valence-electron chi connectivity index (χ3n) is 1.66. The summed E-state index contributed by atoms with van der Waals surface area (Å²) in [7, 11) is 0. The predicted molar refractivity (Wildman–Crippen MR) is 51.9 cm³/mol. The van der Waals surface area contributed by atoms with E-state index in [9.17, 15) is 9.59 Å². The van der Waals surface area contributed by atoms with Crippen molar-refractivity contribution in [1.82, 2.24) is 0 Å². The molecular weight excluding hydrogens is 184 g/mol. The molecule has 0 bridgehead atoms. The van der Waals surface area contributed by atoms with Gasteiger partial charge in [0.15, 0.2) is 0 Å². The van der Waals surface area contributed by atoms with Gasteiger partial charge in [0.1, 0.15) is 0 Å². The summed E-state index contributed by atoms with van der Waals surface area (Å²) in [6.07, 6.45) is 0.929. The van der Waals surface area contributed by atoms with Crippen LogP contribution in [0.2, 0.25) is 0 Å². The summed E-state index contributed by atoms with van der Waals surface area (Å²) in [5.74, 6) is -1.25. The van der Waals surface area contributed by atoms with Crippen LogP contribution in [-0.4, -0.2) is 23.1 Å². The molecule has 80 valence electrons. The molecule has 0 aromatic rings. The molecule has 4 heteroatoms. The molecule has 0 aliphatic rings. The number of ether oxygens (including phenoxy) is 1. The second-order valence-corrected chi connectivity index (χ2v) is 3.28. The standard InChI is InChI=1S/C10H16O4/c1-7(2)10(13)14-8(3)5-4-6-9(11)12/h8H,1,4-6H2,2-3H3,(H,11,12). The molecule has 1 unspecified atom stereocenters. The zero-order valence-electron chi connectivity index (χ0n) is 8.58. The predicted octanol–water partition coefficient (Wildman–Crippen LogP) is 1.75. The van der Waals surface area contributed by atoms with E-state index in [1.165, 1.54) is 0 Å². The van der Waals surface area contributed by atoms with Crippen molar-refractivity contribution in [2.75, 3.05) is 0 Å². The lowest BCUT2D eigenvalue weighted by atomic mass is 10.2. The molecule has 0 amide bonds. The SMILES string of the molecule is C=C(C)C(=O)OC(C)CCCC(=O)O. The lowest BCUT2D eigenvalue weighted by Gasteiger charge is -2.12. The molecule has 0 radical (unpaired) electrons. The zero-order chi connectivity index (χ0) is 11.1. The van der Waals surface area contributed by atoms with Gasteiger partial charge < -0.3 is 9.84 Å². The molecular formula is C10H16O4. The summed E-state index contributed by atoms with van der Waals surface area (Å²) in [6, 6.07) is 0. The Bertz CT molecular complexity index is 232. The smallest absolute Gasteiger partial charge is 0.333 e. The molecule has 0 aromatic carbocycles. The summed E-state index contributed by atoms with van der Waals surface area (Å²) in [5, 5.41) is 8.37. The van der Waals surface area contributed by atoms with Gasteiger partial charge in [0.05, 0.1) is 6.10 Å². The van der Waals surface area contributed by atoms with Crippen LogP contribution < -0.4 is 0 Å². The van der Waals surface area contributed by atoms with Gasteiger partial charge in [-0.2, -0.15) is 0 Å². The number of hydrogen-bond donors (Lipinski definition) is 1. The van der Waals surface area contributed by atoms with E-state index < -0.39 is 11.9 Å². The van der Waals surface area contributed by atoms with Gasteiger partial charge in [-0.05, 0) is 26.7 Å². The highest BCUT2D eigenvalue weighted by atomic mass is 16.5. The van der Waals surface area contributed by atoms with Crippen LogP contribution in [0.4, 0.5) is 0 Å². The molecule has 1 N–H and O–H groups in total. The first-order chi connectivity index (χ1) is 6.43. The van der Waals surface area contributed by atoms with Crippen LogP contribution in [0.5, 0.6) is 0 Å². The highest BCUT2D eigenvalue weighted by Gasteiger charge is 2.10. The summed E-state index contributed by atoms with van der Waals surface area (Å²) >= 11 is 0. The number of carbonyl (C=O) groups is 2. The van der Waals surface area contributed by atoms with Gasteiger partial charge in [0.25, 0.3) is 0 Å². The minimum atomic E-state index is -0.830. The van der Waals surface area contributed by atoms with Crippen LogP contribution in [0.1, 0.15) is 33.1 Å². The summed E-state index contributed by atoms with van der Waals surface area (Å²) < 4.78 is 4.96. The van der Waals surface area contributed by atoms with Crippen molar-refractivity contribution < 1.29 is 19.4 Å². The van der Waals surface area contributed by atoms with Crippen LogP contribution in [0.15, 0.2) is 12.2 Å². The van der Waals surface area contributed by atoms with E-state index in [-0.39, 0.29) is 12.5 Å². The van der Waals surface area contributed by atoms with Gasteiger partial charge in [-0.3, -0.25) is 4.79 Å². The van der Waals surface area contributed by atoms with E-state index in [0.29, 0.717) is 18.4 Å². The molecule has 0 aliphatic carbocycles. The van der Waals surface area contributed by atoms with Crippen molar-refractivity contribution >= 4 is 11.9 Å². The Morgan fingerprint density at radius 2 is 2.07 bits per heavy atom. The maximum Gasteiger partial charge on any atom is 0.333 e. The Labute approximate surface area is 83.6 Å². The summed E-state index contributed by atoms with van der Waals surface area (Å²) in [5.41, 5.74) is 0.357. The lowest BCUT2D eigenvalue weighted by Crippen LogP contribution is -2.15. The van der Waals surface area contributed by atoms with Crippen LogP contribution in [-0.2, 0) is 14.3 Å². The number of aliphatic carboxylic acids is 1. The van der Waals surface area contributed by atoms with Gasteiger partial charge in [-0.15, -0.1) is 0 Å². The monoisotopic (exact) mass is 200 g/mol. The van der Waals surface area contributed by atoms with Gasteiger partial charge in [0, 0.05) is 12.0 Å². The number of carbonyl (C=O) groups excluding carboxylic acids is 1. The average molecular weight is 200 g/mol. The van der Waals surface area contributed by atoms with Gasteiger partial charge >= 0.3 is 11.9 Å².